The fourth-order valence-electron chi connectivity index (χ4n) is 4.49. The minimum atomic E-state index is 0.466. The zero-order valence-electron chi connectivity index (χ0n) is 18.1. The van der Waals surface area contributed by atoms with Gasteiger partial charge in [0.1, 0.15) is 0 Å². The van der Waals surface area contributed by atoms with E-state index in [1.807, 2.05) is 0 Å². The van der Waals surface area contributed by atoms with Crippen LogP contribution in [0.5, 0.6) is 0 Å². The van der Waals surface area contributed by atoms with Crippen LogP contribution in [0.25, 0.3) is 0 Å². The number of aryl methyl sites for hydroxylation is 4. The maximum absolute atomic E-state index is 2.49. The Labute approximate surface area is 162 Å². The molecule has 0 amide bonds. The van der Waals surface area contributed by atoms with Gasteiger partial charge in [0.15, 0.2) is 0 Å². The van der Waals surface area contributed by atoms with Crippen molar-refractivity contribution in [3.8, 4) is 0 Å². The maximum Gasteiger partial charge on any atom is 0.00668 e. The van der Waals surface area contributed by atoms with Crippen LogP contribution in [-0.2, 0) is 38.5 Å². The summed E-state index contributed by atoms with van der Waals surface area (Å²) in [6, 6.07) is 9.87. The Bertz CT molecular complexity index is 673. The molecule has 0 aromatic heterocycles. The number of hydrogen-bond acceptors (Lipinski definition) is 0. The summed E-state index contributed by atoms with van der Waals surface area (Å²) in [4.78, 5) is 0. The lowest BCUT2D eigenvalue weighted by Crippen LogP contribution is -2.10. The zero-order valence-corrected chi connectivity index (χ0v) is 18.1. The van der Waals surface area contributed by atoms with Gasteiger partial charge in [-0.15, -0.1) is 0 Å². The predicted octanol–water partition coefficient (Wildman–Crippen LogP) is 7.21. The van der Waals surface area contributed by atoms with Crippen LogP contribution in [-0.4, -0.2) is 0 Å². The Balaban J connectivity index is 2.70. The van der Waals surface area contributed by atoms with Crippen LogP contribution in [0.3, 0.4) is 0 Å². The first-order valence-electron chi connectivity index (χ1n) is 10.8. The quantitative estimate of drug-likeness (QED) is 0.471. The van der Waals surface area contributed by atoms with Gasteiger partial charge in [0.05, 0.1) is 0 Å². The van der Waals surface area contributed by atoms with Crippen LogP contribution in [0.15, 0.2) is 24.3 Å². The molecule has 142 valence electrons. The van der Waals surface area contributed by atoms with Gasteiger partial charge in [-0.3, -0.25) is 0 Å². The summed E-state index contributed by atoms with van der Waals surface area (Å²) in [5.41, 5.74) is 12.4. The summed E-state index contributed by atoms with van der Waals surface area (Å²) in [6.45, 7) is 16.2. The minimum absolute atomic E-state index is 0.466. The van der Waals surface area contributed by atoms with Gasteiger partial charge in [-0.1, -0.05) is 72.7 Å². The highest BCUT2D eigenvalue weighted by atomic mass is 14.2. The van der Waals surface area contributed by atoms with Gasteiger partial charge in [-0.05, 0) is 83.0 Å². The molecule has 0 heteroatoms. The predicted molar refractivity (Wildman–Crippen MR) is 117 cm³/mol. The van der Waals surface area contributed by atoms with E-state index in [4.69, 9.17) is 0 Å². The molecule has 0 nitrogen and oxygen atoms in total. The molecule has 2 aromatic carbocycles. The molecule has 0 aliphatic rings. The average molecular weight is 351 g/mol. The Morgan fingerprint density at radius 2 is 0.923 bits per heavy atom. The van der Waals surface area contributed by atoms with Crippen molar-refractivity contribution >= 4 is 0 Å². The summed E-state index contributed by atoms with van der Waals surface area (Å²) in [7, 11) is 0. The molecule has 0 saturated carbocycles. The lowest BCUT2D eigenvalue weighted by molar-refractivity contribution is 0.841. The Kier molecular flexibility index (Phi) is 7.50. The first kappa shape index (κ1) is 20.7. The zero-order chi connectivity index (χ0) is 19.3. The molecule has 0 fully saturated rings. The summed E-state index contributed by atoms with van der Waals surface area (Å²) >= 11 is 0. The first-order valence-corrected chi connectivity index (χ1v) is 10.8. The van der Waals surface area contributed by atoms with E-state index in [2.05, 4.69) is 72.7 Å². The molecule has 26 heavy (non-hydrogen) atoms. The summed E-state index contributed by atoms with van der Waals surface area (Å²) < 4.78 is 0. The molecule has 0 heterocycles. The summed E-state index contributed by atoms with van der Waals surface area (Å²) in [5.74, 6) is 0.466. The van der Waals surface area contributed by atoms with E-state index < -0.39 is 0 Å². The SMILES string of the molecule is CCc1cc(CC)c(CC)c(C(C)c2cc(CC)cc(CC)c2CC)c1. The van der Waals surface area contributed by atoms with Crippen LogP contribution in [0.1, 0.15) is 98.9 Å². The smallest absolute Gasteiger partial charge is 0.00668 e. The third-order valence-electron chi connectivity index (χ3n) is 6.09. The lowest BCUT2D eigenvalue weighted by Gasteiger charge is -2.25. The monoisotopic (exact) mass is 350 g/mol. The molecule has 0 bridgehead atoms. The van der Waals surface area contributed by atoms with Gasteiger partial charge in [0.25, 0.3) is 0 Å². The minimum Gasteiger partial charge on any atom is -0.0613 e. The normalized spacial score (nSPS) is 11.4. The molecule has 0 saturated heterocycles. The van der Waals surface area contributed by atoms with Crippen LogP contribution in [0.4, 0.5) is 0 Å². The van der Waals surface area contributed by atoms with Gasteiger partial charge in [0.2, 0.25) is 0 Å². The number of hydrogen-bond donors (Lipinski definition) is 0. The highest BCUT2D eigenvalue weighted by Crippen LogP contribution is 2.35. The van der Waals surface area contributed by atoms with E-state index in [1.54, 1.807) is 33.4 Å². The molecular formula is C26H38. The average Bonchev–Trinajstić information content (AvgIpc) is 2.70. The maximum atomic E-state index is 2.49. The van der Waals surface area contributed by atoms with Crippen molar-refractivity contribution in [1.82, 2.24) is 0 Å². The molecule has 0 spiro atoms. The Morgan fingerprint density at radius 1 is 0.538 bits per heavy atom. The van der Waals surface area contributed by atoms with Gasteiger partial charge >= 0.3 is 0 Å². The van der Waals surface area contributed by atoms with Crippen LogP contribution >= 0.6 is 0 Å². The topological polar surface area (TPSA) is 0 Å². The van der Waals surface area contributed by atoms with Crippen molar-refractivity contribution in [1.29, 1.82) is 0 Å². The van der Waals surface area contributed by atoms with Crippen molar-refractivity contribution in [2.75, 3.05) is 0 Å². The molecule has 0 radical (unpaired) electrons. The van der Waals surface area contributed by atoms with Crippen molar-refractivity contribution < 1.29 is 0 Å². The molecule has 0 aliphatic carbocycles. The Hall–Kier alpha value is -1.56. The van der Waals surface area contributed by atoms with E-state index in [0.29, 0.717) is 5.92 Å². The first-order chi connectivity index (χ1) is 12.5. The standard InChI is InChI=1S/C26H38/c1-8-19-14-21(10-3)23(12-5)25(16-19)18(7)26-17-20(9-2)15-22(11-4)24(26)13-6/h14-18H,8-13H2,1-7H3. The van der Waals surface area contributed by atoms with Crippen molar-refractivity contribution in [2.24, 2.45) is 0 Å². The lowest BCUT2D eigenvalue weighted by atomic mass is 9.80. The van der Waals surface area contributed by atoms with E-state index in [-0.39, 0.29) is 0 Å². The number of rotatable bonds is 8. The van der Waals surface area contributed by atoms with Crippen LogP contribution in [0.2, 0.25) is 0 Å². The van der Waals surface area contributed by atoms with Crippen molar-refractivity contribution in [3.63, 3.8) is 0 Å². The summed E-state index contributed by atoms with van der Waals surface area (Å²) in [6.07, 6.45) is 6.75. The van der Waals surface area contributed by atoms with Crippen molar-refractivity contribution in [2.45, 2.75) is 92.9 Å². The van der Waals surface area contributed by atoms with Gasteiger partial charge in [-0.2, -0.15) is 0 Å². The molecule has 2 aromatic rings. The van der Waals surface area contributed by atoms with Gasteiger partial charge in [0, 0.05) is 5.92 Å². The van der Waals surface area contributed by atoms with E-state index in [0.717, 1.165) is 38.5 Å². The van der Waals surface area contributed by atoms with Crippen LogP contribution in [0, 0.1) is 0 Å². The Morgan fingerprint density at radius 3 is 1.19 bits per heavy atom. The molecular weight excluding hydrogens is 312 g/mol. The summed E-state index contributed by atoms with van der Waals surface area (Å²) in [5, 5.41) is 0. The third-order valence-corrected chi connectivity index (χ3v) is 6.09. The van der Waals surface area contributed by atoms with Crippen molar-refractivity contribution in [3.05, 3.63) is 68.8 Å². The second kappa shape index (κ2) is 9.40. The van der Waals surface area contributed by atoms with Gasteiger partial charge < -0.3 is 0 Å². The second-order valence-electron chi connectivity index (χ2n) is 7.49. The number of benzene rings is 2. The molecule has 0 aliphatic heterocycles. The largest absolute Gasteiger partial charge is 0.0613 e. The van der Waals surface area contributed by atoms with E-state index in [1.165, 1.54) is 11.1 Å². The third kappa shape index (κ3) is 4.05. The molecule has 2 rings (SSSR count). The van der Waals surface area contributed by atoms with Crippen LogP contribution < -0.4 is 0 Å². The van der Waals surface area contributed by atoms with Gasteiger partial charge in [-0.25, -0.2) is 0 Å². The fourth-order valence-corrected chi connectivity index (χ4v) is 4.49. The molecule has 0 unspecified atom stereocenters. The fraction of sp³-hybridized carbons (Fsp3) is 0.538. The highest BCUT2D eigenvalue weighted by Gasteiger charge is 2.20. The second-order valence-corrected chi connectivity index (χ2v) is 7.49. The molecule has 0 N–H and O–H groups in total. The van der Waals surface area contributed by atoms with E-state index in [9.17, 15) is 0 Å². The highest BCUT2D eigenvalue weighted by molar-refractivity contribution is 5.49. The molecule has 0 atom stereocenters. The van der Waals surface area contributed by atoms with E-state index >= 15 is 0 Å².